The fourth-order valence-electron chi connectivity index (χ4n) is 4.80. The van der Waals surface area contributed by atoms with E-state index in [-0.39, 0.29) is 35.6 Å². The Bertz CT molecular complexity index is 1470. The summed E-state index contributed by atoms with van der Waals surface area (Å²) >= 11 is 0. The molecule has 5 rings (SSSR count). The second-order valence-corrected chi connectivity index (χ2v) is 11.6. The van der Waals surface area contributed by atoms with E-state index < -0.39 is 10.0 Å². The summed E-state index contributed by atoms with van der Waals surface area (Å²) in [7, 11) is -1.11. The molecule has 1 saturated heterocycles. The van der Waals surface area contributed by atoms with E-state index in [4.69, 9.17) is 18.9 Å². The average Bonchev–Trinajstić information content (AvgIpc) is 3.44. The van der Waals surface area contributed by atoms with Crippen LogP contribution in [0.1, 0.15) is 11.1 Å². The SMILES string of the molecule is COc1ccc(N(CC(=O)N2CCN(Cc3ccc4c(c3)OCO4)CC2)S(=O)(=O)c2ccc(C)cc2)c(OC)c1. The van der Waals surface area contributed by atoms with Crippen molar-refractivity contribution in [3.8, 4) is 23.0 Å². The van der Waals surface area contributed by atoms with Gasteiger partial charge in [0.2, 0.25) is 12.7 Å². The Kier molecular flexibility index (Phi) is 8.04. The van der Waals surface area contributed by atoms with Crippen LogP contribution in [0.15, 0.2) is 65.6 Å². The zero-order valence-corrected chi connectivity index (χ0v) is 23.6. The number of piperazine rings is 1. The zero-order valence-electron chi connectivity index (χ0n) is 22.8. The first-order chi connectivity index (χ1) is 19.3. The Morgan fingerprint density at radius 1 is 0.900 bits per heavy atom. The summed E-state index contributed by atoms with van der Waals surface area (Å²) in [6, 6.07) is 17.3. The lowest BCUT2D eigenvalue weighted by molar-refractivity contribution is -0.131. The van der Waals surface area contributed by atoms with Gasteiger partial charge in [0.05, 0.1) is 24.8 Å². The van der Waals surface area contributed by atoms with Crippen LogP contribution in [-0.2, 0) is 21.4 Å². The molecule has 212 valence electrons. The number of benzene rings is 3. The average molecular weight is 568 g/mol. The van der Waals surface area contributed by atoms with Crippen molar-refractivity contribution < 1.29 is 32.2 Å². The summed E-state index contributed by atoms with van der Waals surface area (Å²) in [5.41, 5.74) is 2.30. The summed E-state index contributed by atoms with van der Waals surface area (Å²) in [6.07, 6.45) is 0. The number of hydrogen-bond donors (Lipinski definition) is 0. The molecular weight excluding hydrogens is 534 g/mol. The van der Waals surface area contributed by atoms with E-state index >= 15 is 0 Å². The highest BCUT2D eigenvalue weighted by Gasteiger charge is 2.32. The first-order valence-corrected chi connectivity index (χ1v) is 14.4. The molecular formula is C29H33N3O7S. The smallest absolute Gasteiger partial charge is 0.264 e. The van der Waals surface area contributed by atoms with Crippen molar-refractivity contribution in [2.24, 2.45) is 0 Å². The molecule has 0 radical (unpaired) electrons. The third-order valence-corrected chi connectivity index (χ3v) is 8.89. The fourth-order valence-corrected chi connectivity index (χ4v) is 6.23. The Morgan fingerprint density at radius 2 is 1.62 bits per heavy atom. The maximum Gasteiger partial charge on any atom is 0.264 e. The van der Waals surface area contributed by atoms with Crippen LogP contribution in [0.2, 0.25) is 0 Å². The molecule has 0 saturated carbocycles. The van der Waals surface area contributed by atoms with E-state index in [1.54, 1.807) is 47.4 Å². The Hall–Kier alpha value is -3.96. The molecule has 10 nitrogen and oxygen atoms in total. The van der Waals surface area contributed by atoms with Gasteiger partial charge < -0.3 is 23.8 Å². The van der Waals surface area contributed by atoms with Gasteiger partial charge in [-0.25, -0.2) is 8.42 Å². The molecule has 0 bridgehead atoms. The minimum absolute atomic E-state index is 0.0947. The van der Waals surface area contributed by atoms with Crippen LogP contribution in [0.3, 0.4) is 0 Å². The van der Waals surface area contributed by atoms with Crippen molar-refractivity contribution in [1.29, 1.82) is 0 Å². The summed E-state index contributed by atoms with van der Waals surface area (Å²) < 4.78 is 50.5. The van der Waals surface area contributed by atoms with Crippen LogP contribution < -0.4 is 23.3 Å². The van der Waals surface area contributed by atoms with E-state index in [9.17, 15) is 13.2 Å². The quantitative estimate of drug-likeness (QED) is 0.389. The lowest BCUT2D eigenvalue weighted by Crippen LogP contribution is -2.51. The number of anilines is 1. The molecule has 40 heavy (non-hydrogen) atoms. The highest BCUT2D eigenvalue weighted by Crippen LogP contribution is 2.36. The number of methoxy groups -OCH3 is 2. The lowest BCUT2D eigenvalue weighted by Gasteiger charge is -2.36. The van der Waals surface area contributed by atoms with E-state index in [1.165, 1.54) is 14.2 Å². The molecule has 1 fully saturated rings. The third-order valence-electron chi connectivity index (χ3n) is 7.11. The molecule has 0 aliphatic carbocycles. The predicted octanol–water partition coefficient (Wildman–Crippen LogP) is 3.28. The van der Waals surface area contributed by atoms with Gasteiger partial charge in [-0.3, -0.25) is 14.0 Å². The first-order valence-electron chi connectivity index (χ1n) is 13.0. The summed E-state index contributed by atoms with van der Waals surface area (Å²) in [6.45, 7) is 4.78. The van der Waals surface area contributed by atoms with Crippen molar-refractivity contribution in [2.75, 3.05) is 58.0 Å². The van der Waals surface area contributed by atoms with Crippen molar-refractivity contribution in [2.45, 2.75) is 18.4 Å². The van der Waals surface area contributed by atoms with E-state index in [2.05, 4.69) is 4.90 Å². The summed E-state index contributed by atoms with van der Waals surface area (Å²) in [5.74, 6) is 2.01. The molecule has 0 N–H and O–H groups in total. The van der Waals surface area contributed by atoms with E-state index in [0.717, 1.165) is 33.5 Å². The number of aryl methyl sites for hydroxylation is 1. The summed E-state index contributed by atoms with van der Waals surface area (Å²) in [5, 5.41) is 0. The van der Waals surface area contributed by atoms with Gasteiger partial charge in [0.25, 0.3) is 10.0 Å². The number of fused-ring (bicyclic) bond motifs is 1. The van der Waals surface area contributed by atoms with Gasteiger partial charge in [0, 0.05) is 38.8 Å². The van der Waals surface area contributed by atoms with Crippen molar-refractivity contribution in [3.05, 3.63) is 71.8 Å². The number of hydrogen-bond acceptors (Lipinski definition) is 8. The number of amides is 1. The predicted molar refractivity (Wildman–Crippen MR) is 150 cm³/mol. The molecule has 0 spiro atoms. The maximum atomic E-state index is 13.9. The number of ether oxygens (including phenoxy) is 4. The number of sulfonamides is 1. The van der Waals surface area contributed by atoms with Crippen molar-refractivity contribution >= 4 is 21.6 Å². The largest absolute Gasteiger partial charge is 0.497 e. The normalized spacial score (nSPS) is 15.1. The van der Waals surface area contributed by atoms with Gasteiger partial charge >= 0.3 is 0 Å². The van der Waals surface area contributed by atoms with E-state index in [1.807, 2.05) is 25.1 Å². The molecule has 0 unspecified atom stereocenters. The molecule has 3 aromatic rings. The number of carbonyl (C=O) groups excluding carboxylic acids is 1. The Morgan fingerprint density at radius 3 is 2.33 bits per heavy atom. The van der Waals surface area contributed by atoms with Crippen LogP contribution >= 0.6 is 0 Å². The molecule has 2 heterocycles. The lowest BCUT2D eigenvalue weighted by atomic mass is 10.1. The van der Waals surface area contributed by atoms with Crippen LogP contribution in [0.5, 0.6) is 23.0 Å². The fraction of sp³-hybridized carbons (Fsp3) is 0.345. The van der Waals surface area contributed by atoms with Gasteiger partial charge in [-0.05, 0) is 48.9 Å². The number of nitrogens with zero attached hydrogens (tertiary/aromatic N) is 3. The Labute approximate surface area is 234 Å². The monoisotopic (exact) mass is 567 g/mol. The minimum Gasteiger partial charge on any atom is -0.497 e. The van der Waals surface area contributed by atoms with Gasteiger partial charge in [-0.2, -0.15) is 0 Å². The summed E-state index contributed by atoms with van der Waals surface area (Å²) in [4.78, 5) is 17.6. The van der Waals surface area contributed by atoms with Crippen LogP contribution in [0, 0.1) is 6.92 Å². The molecule has 3 aromatic carbocycles. The minimum atomic E-state index is -4.08. The van der Waals surface area contributed by atoms with Gasteiger partial charge in [-0.1, -0.05) is 23.8 Å². The Balaban J connectivity index is 1.32. The van der Waals surface area contributed by atoms with Crippen LogP contribution in [0.4, 0.5) is 5.69 Å². The highest BCUT2D eigenvalue weighted by atomic mass is 32.2. The second kappa shape index (κ2) is 11.6. The molecule has 2 aliphatic rings. The van der Waals surface area contributed by atoms with Gasteiger partial charge in [0.1, 0.15) is 18.0 Å². The highest BCUT2D eigenvalue weighted by molar-refractivity contribution is 7.92. The molecule has 0 aromatic heterocycles. The maximum absolute atomic E-state index is 13.9. The zero-order chi connectivity index (χ0) is 28.3. The number of rotatable bonds is 9. The third kappa shape index (κ3) is 5.80. The number of carbonyl (C=O) groups is 1. The van der Waals surface area contributed by atoms with Crippen LogP contribution in [0.25, 0.3) is 0 Å². The molecule has 0 atom stereocenters. The molecule has 11 heteroatoms. The van der Waals surface area contributed by atoms with Gasteiger partial charge in [0.15, 0.2) is 11.5 Å². The van der Waals surface area contributed by atoms with Crippen molar-refractivity contribution in [1.82, 2.24) is 9.80 Å². The van der Waals surface area contributed by atoms with Crippen LogP contribution in [-0.4, -0.2) is 77.9 Å². The molecule has 1 amide bonds. The van der Waals surface area contributed by atoms with Crippen molar-refractivity contribution in [3.63, 3.8) is 0 Å². The first kappa shape index (κ1) is 27.6. The molecule has 2 aliphatic heterocycles. The van der Waals surface area contributed by atoms with Gasteiger partial charge in [-0.15, -0.1) is 0 Å². The topological polar surface area (TPSA) is 97.9 Å². The van der Waals surface area contributed by atoms with E-state index in [0.29, 0.717) is 31.9 Å². The second-order valence-electron chi connectivity index (χ2n) is 9.71. The standard InChI is InChI=1S/C29H33N3O7S/c1-21-4-8-24(9-5-21)40(34,35)32(25-10-7-23(36-2)17-27(25)37-3)19-29(33)31-14-12-30(13-15-31)18-22-6-11-26-28(16-22)39-20-38-26/h4-11,16-17H,12-15,18-20H2,1-3H3.